The third-order valence-corrected chi connectivity index (χ3v) is 6.28. The monoisotopic (exact) mass is 428 g/mol. The van der Waals surface area contributed by atoms with Gasteiger partial charge in [-0.05, 0) is 25.0 Å². The van der Waals surface area contributed by atoms with Crippen molar-refractivity contribution in [3.8, 4) is 16.9 Å². The topological polar surface area (TPSA) is 84.3 Å². The van der Waals surface area contributed by atoms with Crippen molar-refractivity contribution in [1.29, 1.82) is 0 Å². The van der Waals surface area contributed by atoms with Gasteiger partial charge in [-0.25, -0.2) is 4.68 Å². The molecule has 2 aliphatic rings. The molecule has 162 valence electrons. The Kier molecular flexibility index (Phi) is 5.31. The van der Waals surface area contributed by atoms with Gasteiger partial charge in [0.2, 0.25) is 17.7 Å². The first kappa shape index (κ1) is 20.2. The molecule has 1 N–H and O–H groups in total. The molecule has 1 aromatic heterocycles. The molecule has 0 spiro atoms. The molecule has 1 saturated carbocycles. The van der Waals surface area contributed by atoms with E-state index in [0.29, 0.717) is 11.5 Å². The Balaban J connectivity index is 1.39. The standard InChI is InChI=1S/C25H24N4O3/c30-23(16-28-24(31)19-13-7-8-14-20(19)25(28)32)26-22-15-21(17-9-3-1-4-10-17)27-29(22)18-11-5-2-6-12-18/h1-6,9-12,15,19-20H,7-8,13-14,16H2,(H,26,30). The Hall–Kier alpha value is -3.74. The fourth-order valence-corrected chi connectivity index (χ4v) is 4.70. The molecule has 2 heterocycles. The molecule has 2 fully saturated rings. The fraction of sp³-hybridized carbons (Fsp3) is 0.280. The van der Waals surface area contributed by atoms with Crippen molar-refractivity contribution in [2.24, 2.45) is 11.8 Å². The largest absolute Gasteiger partial charge is 0.309 e. The Bertz CT molecular complexity index is 1130. The molecule has 0 bridgehead atoms. The van der Waals surface area contributed by atoms with Gasteiger partial charge >= 0.3 is 0 Å². The summed E-state index contributed by atoms with van der Waals surface area (Å²) in [5, 5.41) is 7.54. The van der Waals surface area contributed by atoms with E-state index in [-0.39, 0.29) is 30.2 Å². The summed E-state index contributed by atoms with van der Waals surface area (Å²) in [4.78, 5) is 39.5. The van der Waals surface area contributed by atoms with E-state index in [9.17, 15) is 14.4 Å². The number of hydrogen-bond donors (Lipinski definition) is 1. The summed E-state index contributed by atoms with van der Waals surface area (Å²) in [6.45, 7) is -0.273. The van der Waals surface area contributed by atoms with Gasteiger partial charge < -0.3 is 5.32 Å². The third kappa shape index (κ3) is 3.70. The lowest BCUT2D eigenvalue weighted by Gasteiger charge is -2.19. The first-order valence-electron chi connectivity index (χ1n) is 11.0. The predicted octanol–water partition coefficient (Wildman–Crippen LogP) is 3.65. The van der Waals surface area contributed by atoms with Crippen molar-refractivity contribution in [1.82, 2.24) is 14.7 Å². The third-order valence-electron chi connectivity index (χ3n) is 6.28. The van der Waals surface area contributed by atoms with Gasteiger partial charge in [0.05, 0.1) is 23.2 Å². The molecule has 3 amide bonds. The van der Waals surface area contributed by atoms with Gasteiger partial charge in [0.25, 0.3) is 0 Å². The second-order valence-electron chi connectivity index (χ2n) is 8.34. The van der Waals surface area contributed by atoms with Crippen molar-refractivity contribution in [3.63, 3.8) is 0 Å². The highest BCUT2D eigenvalue weighted by Gasteiger charge is 2.48. The predicted molar refractivity (Wildman–Crippen MR) is 120 cm³/mol. The molecule has 7 heteroatoms. The molecule has 32 heavy (non-hydrogen) atoms. The molecule has 1 saturated heterocycles. The van der Waals surface area contributed by atoms with Crippen LogP contribution in [0.1, 0.15) is 25.7 Å². The van der Waals surface area contributed by atoms with Crippen LogP contribution >= 0.6 is 0 Å². The number of likely N-dealkylation sites (tertiary alicyclic amines) is 1. The summed E-state index contributed by atoms with van der Waals surface area (Å²) in [6.07, 6.45) is 3.38. The van der Waals surface area contributed by atoms with Gasteiger partial charge in [0, 0.05) is 11.6 Å². The molecule has 7 nitrogen and oxygen atoms in total. The molecule has 2 aromatic carbocycles. The maximum absolute atomic E-state index is 12.9. The number of carbonyl (C=O) groups is 3. The molecule has 5 rings (SSSR count). The number of hydrogen-bond acceptors (Lipinski definition) is 4. The number of rotatable bonds is 5. The zero-order chi connectivity index (χ0) is 22.1. The van der Waals surface area contributed by atoms with Crippen LogP contribution in [-0.4, -0.2) is 38.9 Å². The highest BCUT2D eigenvalue weighted by molar-refractivity contribution is 6.08. The van der Waals surface area contributed by atoms with Crippen LogP contribution in [-0.2, 0) is 14.4 Å². The van der Waals surface area contributed by atoms with E-state index >= 15 is 0 Å². The number of nitrogens with one attached hydrogen (secondary N) is 1. The number of carbonyl (C=O) groups excluding carboxylic acids is 3. The number of benzene rings is 2. The zero-order valence-electron chi connectivity index (χ0n) is 17.6. The van der Waals surface area contributed by atoms with Gasteiger partial charge in [-0.3, -0.25) is 19.3 Å². The molecule has 0 radical (unpaired) electrons. The van der Waals surface area contributed by atoms with Gasteiger partial charge in [-0.1, -0.05) is 61.4 Å². The summed E-state index contributed by atoms with van der Waals surface area (Å²) < 4.78 is 1.66. The molecule has 2 atom stereocenters. The van der Waals surface area contributed by atoms with Crippen LogP contribution in [0.4, 0.5) is 5.82 Å². The highest BCUT2D eigenvalue weighted by atomic mass is 16.2. The first-order chi connectivity index (χ1) is 15.6. The van der Waals surface area contributed by atoms with E-state index in [1.54, 1.807) is 10.7 Å². The van der Waals surface area contributed by atoms with Crippen LogP contribution in [0, 0.1) is 11.8 Å². The highest BCUT2D eigenvalue weighted by Crippen LogP contribution is 2.38. The summed E-state index contributed by atoms with van der Waals surface area (Å²) in [7, 11) is 0. The Labute approximate surface area is 186 Å². The first-order valence-corrected chi connectivity index (χ1v) is 11.0. The van der Waals surface area contributed by atoms with E-state index < -0.39 is 5.91 Å². The minimum absolute atomic E-state index is 0.212. The van der Waals surface area contributed by atoms with Crippen LogP contribution < -0.4 is 5.32 Å². The van der Waals surface area contributed by atoms with Crippen LogP contribution in [0.2, 0.25) is 0 Å². The van der Waals surface area contributed by atoms with Crippen LogP contribution in [0.5, 0.6) is 0 Å². The minimum atomic E-state index is -0.415. The number of amides is 3. The van der Waals surface area contributed by atoms with Crippen molar-refractivity contribution in [3.05, 3.63) is 66.7 Å². The quantitative estimate of drug-likeness (QED) is 0.629. The van der Waals surface area contributed by atoms with Gasteiger partial charge in [0.1, 0.15) is 12.4 Å². The summed E-state index contributed by atoms with van der Waals surface area (Å²) >= 11 is 0. The molecular formula is C25H24N4O3. The van der Waals surface area contributed by atoms with Gasteiger partial charge in [0.15, 0.2) is 0 Å². The summed E-state index contributed by atoms with van der Waals surface area (Å²) in [6, 6.07) is 21.0. The average molecular weight is 428 g/mol. The number of nitrogens with zero attached hydrogens (tertiary/aromatic N) is 3. The van der Waals surface area contributed by atoms with Crippen LogP contribution in [0.3, 0.4) is 0 Å². The normalized spacial score (nSPS) is 20.3. The van der Waals surface area contributed by atoms with E-state index in [4.69, 9.17) is 0 Å². The summed E-state index contributed by atoms with van der Waals surface area (Å²) in [5.41, 5.74) is 2.43. The number of anilines is 1. The lowest BCUT2D eigenvalue weighted by molar-refractivity contribution is -0.142. The lowest BCUT2D eigenvalue weighted by Crippen LogP contribution is -2.38. The maximum atomic E-state index is 12.9. The van der Waals surface area contributed by atoms with Crippen LogP contribution in [0.15, 0.2) is 66.7 Å². The lowest BCUT2D eigenvalue weighted by atomic mass is 9.81. The van der Waals surface area contributed by atoms with E-state index in [1.807, 2.05) is 60.7 Å². The second-order valence-corrected chi connectivity index (χ2v) is 8.34. The molecular weight excluding hydrogens is 404 g/mol. The van der Waals surface area contributed by atoms with E-state index in [0.717, 1.165) is 41.8 Å². The molecule has 1 aliphatic heterocycles. The number of imide groups is 1. The Morgan fingerprint density at radius 1 is 0.906 bits per heavy atom. The number of fused-ring (bicyclic) bond motifs is 1. The molecule has 3 aromatic rings. The van der Waals surface area contributed by atoms with Crippen molar-refractivity contribution in [2.45, 2.75) is 25.7 Å². The Morgan fingerprint density at radius 3 is 2.12 bits per heavy atom. The average Bonchev–Trinajstić information content (AvgIpc) is 3.35. The summed E-state index contributed by atoms with van der Waals surface area (Å²) in [5.74, 6) is -0.876. The zero-order valence-corrected chi connectivity index (χ0v) is 17.6. The Morgan fingerprint density at radius 2 is 1.50 bits per heavy atom. The molecule has 1 aliphatic carbocycles. The SMILES string of the molecule is O=C(CN1C(=O)C2CCCCC2C1=O)Nc1cc(-c2ccccc2)nn1-c1ccccc1. The van der Waals surface area contributed by atoms with Gasteiger partial charge in [-0.15, -0.1) is 0 Å². The van der Waals surface area contributed by atoms with E-state index in [1.165, 1.54) is 0 Å². The smallest absolute Gasteiger partial charge is 0.245 e. The number of aromatic nitrogens is 2. The van der Waals surface area contributed by atoms with Gasteiger partial charge in [-0.2, -0.15) is 5.10 Å². The number of para-hydroxylation sites is 1. The fourth-order valence-electron chi connectivity index (χ4n) is 4.70. The maximum Gasteiger partial charge on any atom is 0.245 e. The van der Waals surface area contributed by atoms with E-state index in [2.05, 4.69) is 10.4 Å². The van der Waals surface area contributed by atoms with Crippen LogP contribution in [0.25, 0.3) is 16.9 Å². The van der Waals surface area contributed by atoms with Crippen molar-refractivity contribution >= 4 is 23.5 Å². The minimum Gasteiger partial charge on any atom is -0.309 e. The second kappa shape index (κ2) is 8.42. The molecule has 2 unspecified atom stereocenters. The van der Waals surface area contributed by atoms with Crippen molar-refractivity contribution < 1.29 is 14.4 Å². The van der Waals surface area contributed by atoms with Crippen molar-refractivity contribution in [2.75, 3.05) is 11.9 Å².